The minimum absolute atomic E-state index is 0.524. The van der Waals surface area contributed by atoms with Crippen LogP contribution in [0.2, 0.25) is 0 Å². The SMILES string of the molecule is ClC(Cl)=C1C2CCCC1C2Br. The summed E-state index contributed by atoms with van der Waals surface area (Å²) in [5.74, 6) is 1.28. The van der Waals surface area contributed by atoms with E-state index in [2.05, 4.69) is 15.9 Å². The highest BCUT2D eigenvalue weighted by molar-refractivity contribution is 9.09. The quantitative estimate of drug-likeness (QED) is 0.577. The van der Waals surface area contributed by atoms with Crippen LogP contribution in [0.3, 0.4) is 0 Å². The van der Waals surface area contributed by atoms with E-state index in [1.165, 1.54) is 24.8 Å². The summed E-state index contributed by atoms with van der Waals surface area (Å²) in [4.78, 5) is 0.652. The van der Waals surface area contributed by atoms with Crippen LogP contribution in [-0.2, 0) is 0 Å². The van der Waals surface area contributed by atoms with Crippen LogP contribution in [0, 0.1) is 11.8 Å². The van der Waals surface area contributed by atoms with E-state index in [9.17, 15) is 0 Å². The summed E-state index contributed by atoms with van der Waals surface area (Å²) in [6, 6.07) is 0. The predicted octanol–water partition coefficient (Wildman–Crippen LogP) is 3.87. The van der Waals surface area contributed by atoms with Gasteiger partial charge in [-0.05, 0) is 30.3 Å². The van der Waals surface area contributed by atoms with E-state index in [1.807, 2.05) is 0 Å². The fraction of sp³-hybridized carbons (Fsp3) is 0.750. The Morgan fingerprint density at radius 3 is 2.09 bits per heavy atom. The number of hydrogen-bond acceptors (Lipinski definition) is 0. The Bertz CT molecular complexity index is 194. The zero-order chi connectivity index (χ0) is 8.01. The van der Waals surface area contributed by atoms with Crippen molar-refractivity contribution in [2.24, 2.45) is 11.8 Å². The van der Waals surface area contributed by atoms with Gasteiger partial charge in [0, 0.05) is 4.83 Å². The monoisotopic (exact) mass is 254 g/mol. The van der Waals surface area contributed by atoms with Gasteiger partial charge in [-0.2, -0.15) is 0 Å². The molecular weight excluding hydrogens is 247 g/mol. The average Bonchev–Trinajstić information content (AvgIpc) is 2.02. The van der Waals surface area contributed by atoms with Crippen molar-refractivity contribution in [3.8, 4) is 0 Å². The lowest BCUT2D eigenvalue weighted by Crippen LogP contribution is -2.44. The molecular formula is C8H9BrCl2. The first-order valence-electron chi connectivity index (χ1n) is 3.91. The van der Waals surface area contributed by atoms with Crippen molar-refractivity contribution in [3.05, 3.63) is 10.1 Å². The largest absolute Gasteiger partial charge is 0.106 e. The summed E-state index contributed by atoms with van der Waals surface area (Å²) in [6.07, 6.45) is 3.84. The maximum atomic E-state index is 5.77. The Hall–Kier alpha value is 0.800. The fourth-order valence-corrected chi connectivity index (χ4v) is 3.91. The Morgan fingerprint density at radius 2 is 1.82 bits per heavy atom. The van der Waals surface area contributed by atoms with Gasteiger partial charge in [0.05, 0.1) is 0 Å². The van der Waals surface area contributed by atoms with Gasteiger partial charge in [0.1, 0.15) is 4.49 Å². The summed E-state index contributed by atoms with van der Waals surface area (Å²) in [5, 5.41) is 0. The van der Waals surface area contributed by atoms with E-state index in [4.69, 9.17) is 23.2 Å². The van der Waals surface area contributed by atoms with Crippen LogP contribution < -0.4 is 0 Å². The van der Waals surface area contributed by atoms with E-state index < -0.39 is 0 Å². The van der Waals surface area contributed by atoms with Gasteiger partial charge in [-0.1, -0.05) is 45.6 Å². The second-order valence-electron chi connectivity index (χ2n) is 3.30. The zero-order valence-electron chi connectivity index (χ0n) is 5.99. The third-order valence-electron chi connectivity index (χ3n) is 2.82. The second-order valence-corrected chi connectivity index (χ2v) is 5.31. The van der Waals surface area contributed by atoms with E-state index in [0.717, 1.165) is 0 Å². The fourth-order valence-electron chi connectivity index (χ4n) is 2.25. The minimum Gasteiger partial charge on any atom is -0.0878 e. The van der Waals surface area contributed by atoms with Gasteiger partial charge in [0.2, 0.25) is 0 Å². The number of allylic oxidation sites excluding steroid dienone is 1. The Morgan fingerprint density at radius 1 is 1.27 bits per heavy atom. The topological polar surface area (TPSA) is 0 Å². The van der Waals surface area contributed by atoms with Gasteiger partial charge in [-0.25, -0.2) is 0 Å². The molecule has 0 N–H and O–H groups in total. The molecule has 0 aliphatic heterocycles. The molecule has 3 aliphatic rings. The maximum absolute atomic E-state index is 5.77. The molecule has 0 saturated heterocycles. The van der Waals surface area contributed by atoms with Crippen molar-refractivity contribution in [2.75, 3.05) is 0 Å². The molecule has 2 atom stereocenters. The van der Waals surface area contributed by atoms with Crippen molar-refractivity contribution < 1.29 is 0 Å². The summed E-state index contributed by atoms with van der Waals surface area (Å²) in [7, 11) is 0. The molecule has 2 unspecified atom stereocenters. The van der Waals surface area contributed by atoms with Crippen molar-refractivity contribution >= 4 is 39.1 Å². The smallest absolute Gasteiger partial charge is 0.0878 e. The first-order chi connectivity index (χ1) is 5.22. The molecule has 3 aliphatic carbocycles. The van der Waals surface area contributed by atoms with Crippen molar-refractivity contribution in [2.45, 2.75) is 24.1 Å². The molecule has 0 aromatic carbocycles. The predicted molar refractivity (Wildman–Crippen MR) is 52.3 cm³/mol. The molecule has 0 aromatic heterocycles. The number of halogens is 3. The van der Waals surface area contributed by atoms with Crippen LogP contribution in [0.5, 0.6) is 0 Å². The number of rotatable bonds is 0. The molecule has 3 rings (SSSR count). The molecule has 2 bridgehead atoms. The van der Waals surface area contributed by atoms with Crippen LogP contribution in [0.4, 0.5) is 0 Å². The zero-order valence-corrected chi connectivity index (χ0v) is 9.09. The summed E-state index contributed by atoms with van der Waals surface area (Å²) < 4.78 is 0.524. The van der Waals surface area contributed by atoms with Gasteiger partial charge in [-0.15, -0.1) is 0 Å². The van der Waals surface area contributed by atoms with E-state index in [-0.39, 0.29) is 0 Å². The molecule has 0 amide bonds. The molecule has 3 fully saturated rings. The minimum atomic E-state index is 0.524. The molecule has 3 heteroatoms. The molecule has 62 valence electrons. The molecule has 3 saturated carbocycles. The van der Waals surface area contributed by atoms with Crippen molar-refractivity contribution in [3.63, 3.8) is 0 Å². The summed E-state index contributed by atoms with van der Waals surface area (Å²) in [5.41, 5.74) is 1.31. The van der Waals surface area contributed by atoms with Crippen LogP contribution in [0.1, 0.15) is 19.3 Å². The lowest BCUT2D eigenvalue weighted by atomic mass is 9.62. The third kappa shape index (κ3) is 1.16. The second kappa shape index (κ2) is 2.93. The molecule has 11 heavy (non-hydrogen) atoms. The maximum Gasteiger partial charge on any atom is 0.106 e. The Balaban J connectivity index is 2.24. The molecule has 0 nitrogen and oxygen atoms in total. The highest BCUT2D eigenvalue weighted by Crippen LogP contribution is 2.56. The highest BCUT2D eigenvalue weighted by atomic mass is 79.9. The van der Waals surface area contributed by atoms with Gasteiger partial charge in [-0.3, -0.25) is 0 Å². The van der Waals surface area contributed by atoms with E-state index >= 15 is 0 Å². The lowest BCUT2D eigenvalue weighted by Gasteiger charge is -2.49. The van der Waals surface area contributed by atoms with Crippen molar-refractivity contribution in [1.82, 2.24) is 0 Å². The number of alkyl halides is 1. The Kier molecular flexibility index (Phi) is 2.24. The van der Waals surface area contributed by atoms with Gasteiger partial charge < -0.3 is 0 Å². The Labute approximate surface area is 85.1 Å². The molecule has 0 spiro atoms. The number of hydrogen-bond donors (Lipinski definition) is 0. The first-order valence-corrected chi connectivity index (χ1v) is 5.58. The van der Waals surface area contributed by atoms with Crippen LogP contribution in [-0.4, -0.2) is 4.83 Å². The lowest BCUT2D eigenvalue weighted by molar-refractivity contribution is 0.233. The summed E-state index contributed by atoms with van der Waals surface area (Å²) >= 11 is 15.2. The summed E-state index contributed by atoms with van der Waals surface area (Å²) in [6.45, 7) is 0. The highest BCUT2D eigenvalue weighted by Gasteiger charge is 2.47. The van der Waals surface area contributed by atoms with Crippen LogP contribution >= 0.6 is 39.1 Å². The van der Waals surface area contributed by atoms with Crippen molar-refractivity contribution in [1.29, 1.82) is 0 Å². The van der Waals surface area contributed by atoms with Crippen LogP contribution in [0.15, 0.2) is 10.1 Å². The molecule has 0 radical (unpaired) electrons. The average molecular weight is 256 g/mol. The molecule has 0 aromatic rings. The third-order valence-corrected chi connectivity index (χ3v) is 4.53. The van der Waals surface area contributed by atoms with Gasteiger partial charge in [0.15, 0.2) is 0 Å². The van der Waals surface area contributed by atoms with Gasteiger partial charge >= 0.3 is 0 Å². The van der Waals surface area contributed by atoms with Gasteiger partial charge in [0.25, 0.3) is 0 Å². The first kappa shape index (κ1) is 8.40. The van der Waals surface area contributed by atoms with E-state index in [1.54, 1.807) is 0 Å². The molecule has 0 heterocycles. The number of fused-ring (bicyclic) bond motifs is 2. The van der Waals surface area contributed by atoms with Crippen LogP contribution in [0.25, 0.3) is 0 Å². The van der Waals surface area contributed by atoms with E-state index in [0.29, 0.717) is 21.2 Å². The standard InChI is InChI=1S/C8H9BrCl2/c9-7-4-2-1-3-5(7)6(4)8(10)11/h4-5,7H,1-3H2. The normalized spacial score (nSPS) is 41.7.